The minimum atomic E-state index is -4.96. The van der Waals surface area contributed by atoms with Crippen molar-refractivity contribution in [3.63, 3.8) is 0 Å². The summed E-state index contributed by atoms with van der Waals surface area (Å²) in [4.78, 5) is 17.6. The Morgan fingerprint density at radius 2 is 1.67 bits per heavy atom. The van der Waals surface area contributed by atoms with Crippen molar-refractivity contribution in [1.29, 1.82) is 0 Å². The van der Waals surface area contributed by atoms with E-state index in [1.807, 2.05) is 17.3 Å². The highest BCUT2D eigenvalue weighted by Gasteiger charge is 2.39. The molecule has 0 spiro atoms. The number of rotatable bonds is 3. The van der Waals surface area contributed by atoms with Crippen molar-refractivity contribution in [2.75, 3.05) is 61.4 Å². The molecule has 9 heteroatoms. The maximum atomic E-state index is 13.5. The molecule has 0 unspecified atom stereocenters. The third-order valence-electron chi connectivity index (χ3n) is 5.12. The van der Waals surface area contributed by atoms with Crippen LogP contribution in [0, 0.1) is 0 Å². The predicted octanol–water partition coefficient (Wildman–Crippen LogP) is 2.88. The van der Waals surface area contributed by atoms with Crippen LogP contribution in [0.3, 0.4) is 0 Å². The van der Waals surface area contributed by atoms with Crippen molar-refractivity contribution in [2.24, 2.45) is 0 Å². The smallest absolute Gasteiger partial charge is 0.370 e. The lowest BCUT2D eigenvalue weighted by atomic mass is 10.1. The van der Waals surface area contributed by atoms with Gasteiger partial charge in [-0.2, -0.15) is 13.2 Å². The number of piperazine rings is 1. The summed E-state index contributed by atoms with van der Waals surface area (Å²) in [6, 6.07) is 5.03. The fourth-order valence-electron chi connectivity index (χ4n) is 3.43. The van der Waals surface area contributed by atoms with E-state index >= 15 is 0 Å². The lowest BCUT2D eigenvalue weighted by molar-refractivity contribution is -0.167. The second-order valence-corrected chi connectivity index (χ2v) is 7.11. The number of carbonyl (C=O) groups is 1. The van der Waals surface area contributed by atoms with Crippen LogP contribution in [0.1, 0.15) is 12.8 Å². The molecule has 0 saturated carbocycles. The molecule has 2 saturated heterocycles. The first-order chi connectivity index (χ1) is 12.7. The van der Waals surface area contributed by atoms with Gasteiger partial charge in [0, 0.05) is 45.0 Å². The highest BCUT2D eigenvalue weighted by atomic mass is 19.4. The molecule has 0 radical (unpaired) electrons. The van der Waals surface area contributed by atoms with Gasteiger partial charge < -0.3 is 20.0 Å². The van der Waals surface area contributed by atoms with Crippen LogP contribution in [0.5, 0.6) is 0 Å². The van der Waals surface area contributed by atoms with Gasteiger partial charge in [-0.3, -0.25) is 4.79 Å². The van der Waals surface area contributed by atoms with Gasteiger partial charge in [0.1, 0.15) is 6.17 Å². The predicted molar refractivity (Wildman–Crippen MR) is 97.2 cm³/mol. The monoisotopic (exact) mass is 388 g/mol. The first-order valence-corrected chi connectivity index (χ1v) is 9.09. The molecule has 150 valence electrons. The Balaban J connectivity index is 1.86. The van der Waals surface area contributed by atoms with E-state index in [2.05, 4.69) is 9.80 Å². The molecule has 27 heavy (non-hydrogen) atoms. The number of alkyl halides is 4. The van der Waals surface area contributed by atoms with Crippen LogP contribution >= 0.6 is 0 Å². The average molecular weight is 388 g/mol. The van der Waals surface area contributed by atoms with E-state index in [0.29, 0.717) is 31.6 Å². The summed E-state index contributed by atoms with van der Waals surface area (Å²) >= 11 is 0. The van der Waals surface area contributed by atoms with E-state index in [0.717, 1.165) is 31.9 Å². The molecular weight excluding hydrogens is 364 g/mol. The number of amides is 1. The topological polar surface area (TPSA) is 38.8 Å². The van der Waals surface area contributed by atoms with Gasteiger partial charge in [0.2, 0.25) is 0 Å². The number of carbonyl (C=O) groups excluding carboxylic acids is 1. The Morgan fingerprint density at radius 3 is 2.26 bits per heavy atom. The zero-order valence-corrected chi connectivity index (χ0v) is 15.2. The summed E-state index contributed by atoms with van der Waals surface area (Å²) in [5.41, 5.74) is 1.51. The lowest BCUT2D eigenvalue weighted by Gasteiger charge is -2.36. The van der Waals surface area contributed by atoms with E-state index in [-0.39, 0.29) is 5.69 Å². The molecule has 1 N–H and O–H groups in total. The van der Waals surface area contributed by atoms with Crippen molar-refractivity contribution in [3.8, 4) is 0 Å². The molecule has 2 heterocycles. The molecule has 3 rings (SSSR count). The highest BCUT2D eigenvalue weighted by molar-refractivity contribution is 5.98. The van der Waals surface area contributed by atoms with Gasteiger partial charge in [-0.1, -0.05) is 0 Å². The summed E-state index contributed by atoms with van der Waals surface area (Å²) in [6.45, 7) is 4.24. The second kappa shape index (κ2) is 7.92. The van der Waals surface area contributed by atoms with Crippen LogP contribution in [0.4, 0.5) is 34.6 Å². The van der Waals surface area contributed by atoms with Crippen LogP contribution in [0.25, 0.3) is 0 Å². The van der Waals surface area contributed by atoms with Gasteiger partial charge in [0.25, 0.3) is 0 Å². The van der Waals surface area contributed by atoms with Crippen molar-refractivity contribution >= 4 is 23.0 Å². The first kappa shape index (κ1) is 19.7. The van der Waals surface area contributed by atoms with E-state index in [9.17, 15) is 22.4 Å². The van der Waals surface area contributed by atoms with Crippen LogP contribution in [-0.2, 0) is 4.79 Å². The molecule has 0 atom stereocenters. The van der Waals surface area contributed by atoms with Gasteiger partial charge in [-0.05, 0) is 38.1 Å². The highest BCUT2D eigenvalue weighted by Crippen LogP contribution is 2.34. The maximum Gasteiger partial charge on any atom is 0.471 e. The van der Waals surface area contributed by atoms with Crippen molar-refractivity contribution in [1.82, 2.24) is 4.90 Å². The molecule has 2 aliphatic heterocycles. The maximum absolute atomic E-state index is 13.5. The lowest BCUT2D eigenvalue weighted by Crippen LogP contribution is -2.44. The van der Waals surface area contributed by atoms with Crippen LogP contribution in [0.2, 0.25) is 0 Å². The van der Waals surface area contributed by atoms with Crippen molar-refractivity contribution in [3.05, 3.63) is 18.2 Å². The standard InChI is InChI=1S/C18H24F4N4O/c1-24-8-10-25(11-9-24)14-2-3-15(23-17(27)18(20,21)22)16(12-14)26-6-4-13(19)5-7-26/h2-3,12-13H,4-11H2,1H3,(H,23,27). The molecule has 2 fully saturated rings. The van der Waals surface area contributed by atoms with Gasteiger partial charge in [0.15, 0.2) is 0 Å². The van der Waals surface area contributed by atoms with Gasteiger partial charge in [-0.15, -0.1) is 0 Å². The van der Waals surface area contributed by atoms with Crippen LogP contribution < -0.4 is 15.1 Å². The summed E-state index contributed by atoms with van der Waals surface area (Å²) in [6.07, 6.45) is -5.20. The largest absolute Gasteiger partial charge is 0.471 e. The molecule has 2 aliphatic rings. The molecule has 0 aliphatic carbocycles. The summed E-state index contributed by atoms with van der Waals surface area (Å²) in [5.74, 6) is -2.00. The van der Waals surface area contributed by atoms with Gasteiger partial charge in [-0.25, -0.2) is 4.39 Å². The number of hydrogen-bond acceptors (Lipinski definition) is 4. The first-order valence-electron chi connectivity index (χ1n) is 9.09. The van der Waals surface area contributed by atoms with Gasteiger partial charge >= 0.3 is 12.1 Å². The third kappa shape index (κ3) is 4.82. The van der Waals surface area contributed by atoms with E-state index in [1.54, 1.807) is 12.1 Å². The van der Waals surface area contributed by atoms with Crippen molar-refractivity contribution < 1.29 is 22.4 Å². The number of hydrogen-bond donors (Lipinski definition) is 1. The number of nitrogens with zero attached hydrogens (tertiary/aromatic N) is 3. The SMILES string of the molecule is CN1CCN(c2ccc(NC(=O)C(F)(F)F)c(N3CCC(F)CC3)c2)CC1. The molecule has 0 bridgehead atoms. The quantitative estimate of drug-likeness (QED) is 0.809. The minimum absolute atomic E-state index is 0.104. The average Bonchev–Trinajstić information content (AvgIpc) is 2.63. The molecular formula is C18H24F4N4O. The fraction of sp³-hybridized carbons (Fsp3) is 0.611. The number of benzene rings is 1. The Labute approximate surface area is 155 Å². The summed E-state index contributed by atoms with van der Waals surface area (Å²) < 4.78 is 51.5. The second-order valence-electron chi connectivity index (χ2n) is 7.11. The number of halogens is 4. The molecule has 0 aromatic heterocycles. The van der Waals surface area contributed by atoms with Crippen LogP contribution in [0.15, 0.2) is 18.2 Å². The number of nitrogens with one attached hydrogen (secondary N) is 1. The third-order valence-corrected chi connectivity index (χ3v) is 5.12. The summed E-state index contributed by atoms with van der Waals surface area (Å²) in [7, 11) is 2.04. The fourth-order valence-corrected chi connectivity index (χ4v) is 3.43. The number of likely N-dealkylation sites (N-methyl/N-ethyl adjacent to an activating group) is 1. The normalized spacial score (nSPS) is 20.0. The number of anilines is 3. The Kier molecular flexibility index (Phi) is 5.78. The molecule has 1 aromatic rings. The zero-order chi connectivity index (χ0) is 19.6. The Hall–Kier alpha value is -2.03. The van der Waals surface area contributed by atoms with Crippen LogP contribution in [-0.4, -0.2) is 69.5 Å². The molecule has 1 aromatic carbocycles. The van der Waals surface area contributed by atoms with Gasteiger partial charge in [0.05, 0.1) is 11.4 Å². The Bertz CT molecular complexity index is 666. The Morgan fingerprint density at radius 1 is 1.04 bits per heavy atom. The number of piperidine rings is 1. The minimum Gasteiger partial charge on any atom is -0.370 e. The van der Waals surface area contributed by atoms with E-state index in [4.69, 9.17) is 0 Å². The van der Waals surface area contributed by atoms with Crippen molar-refractivity contribution in [2.45, 2.75) is 25.2 Å². The van der Waals surface area contributed by atoms with E-state index < -0.39 is 18.3 Å². The zero-order valence-electron chi connectivity index (χ0n) is 15.2. The van der Waals surface area contributed by atoms with E-state index in [1.165, 1.54) is 6.07 Å². The summed E-state index contributed by atoms with van der Waals surface area (Å²) in [5, 5.41) is 1.97. The molecule has 5 nitrogen and oxygen atoms in total. The molecule has 1 amide bonds.